The molecule has 2 atom stereocenters. The van der Waals surface area contributed by atoms with Crippen LogP contribution in [0.25, 0.3) is 0 Å². The Balaban J connectivity index is 1.90. The molecule has 0 aromatic rings. The van der Waals surface area contributed by atoms with E-state index in [-0.39, 0.29) is 12.4 Å². The van der Waals surface area contributed by atoms with Crippen molar-refractivity contribution in [3.05, 3.63) is 0 Å². The molecule has 1 saturated heterocycles. The number of unbranched alkanes of at least 4 members (excludes halogenated alkanes) is 8. The molecule has 21 heavy (non-hydrogen) atoms. The highest BCUT2D eigenvalue weighted by molar-refractivity contribution is 4.65. The van der Waals surface area contributed by atoms with E-state index >= 15 is 0 Å². The van der Waals surface area contributed by atoms with E-state index in [1.54, 1.807) is 0 Å². The van der Waals surface area contributed by atoms with E-state index in [1.807, 2.05) is 0 Å². The van der Waals surface area contributed by atoms with E-state index in [0.717, 1.165) is 24.1 Å². The van der Waals surface area contributed by atoms with E-state index in [2.05, 4.69) is 28.1 Å². The van der Waals surface area contributed by atoms with Crippen LogP contribution in [-0.4, -0.2) is 51.2 Å². The first-order chi connectivity index (χ1) is 10.0. The van der Waals surface area contributed by atoms with Crippen molar-refractivity contribution in [1.29, 1.82) is 0 Å². The zero-order valence-electron chi connectivity index (χ0n) is 14.9. The number of ether oxygens (including phenoxy) is 2. The maximum Gasteiger partial charge on any atom is 0.158 e. The molecule has 2 unspecified atom stereocenters. The first-order valence-electron chi connectivity index (χ1n) is 9.09. The molecule has 0 bridgehead atoms. The summed E-state index contributed by atoms with van der Waals surface area (Å²) in [5, 5.41) is 0. The normalized spacial score (nSPS) is 22.9. The molecule has 3 nitrogen and oxygen atoms in total. The van der Waals surface area contributed by atoms with Gasteiger partial charge in [0.2, 0.25) is 0 Å². The topological polar surface area (TPSA) is 18.5 Å². The lowest BCUT2D eigenvalue weighted by molar-refractivity contribution is -0.873. The second-order valence-electron chi connectivity index (χ2n) is 7.61. The Morgan fingerprint density at radius 2 is 1.43 bits per heavy atom. The summed E-state index contributed by atoms with van der Waals surface area (Å²) in [7, 11) is 6.62. The summed E-state index contributed by atoms with van der Waals surface area (Å²) in [6, 6.07) is 0. The maximum atomic E-state index is 5.97. The van der Waals surface area contributed by atoms with Gasteiger partial charge in [0.15, 0.2) is 6.29 Å². The van der Waals surface area contributed by atoms with Crippen molar-refractivity contribution < 1.29 is 14.0 Å². The number of quaternary nitrogens is 1. The number of nitrogens with zero attached hydrogens (tertiary/aromatic N) is 1. The zero-order chi connectivity index (χ0) is 15.6. The molecule has 1 aliphatic rings. The van der Waals surface area contributed by atoms with Crippen molar-refractivity contribution in [3.8, 4) is 0 Å². The van der Waals surface area contributed by atoms with Gasteiger partial charge in [-0.2, -0.15) is 0 Å². The van der Waals surface area contributed by atoms with Gasteiger partial charge >= 0.3 is 0 Å². The summed E-state index contributed by atoms with van der Waals surface area (Å²) in [5.41, 5.74) is 0. The molecule has 0 radical (unpaired) electrons. The molecule has 0 aromatic carbocycles. The molecule has 1 heterocycles. The smallest absolute Gasteiger partial charge is 0.158 e. The number of likely N-dealkylation sites (N-methyl/N-ethyl adjacent to an activating group) is 1. The molecule has 1 fully saturated rings. The van der Waals surface area contributed by atoms with E-state index < -0.39 is 0 Å². The Labute approximate surface area is 132 Å². The van der Waals surface area contributed by atoms with Crippen molar-refractivity contribution in [1.82, 2.24) is 0 Å². The molecule has 3 heteroatoms. The lowest BCUT2D eigenvalue weighted by Gasteiger charge is -2.26. The van der Waals surface area contributed by atoms with E-state index in [9.17, 15) is 0 Å². The van der Waals surface area contributed by atoms with Crippen LogP contribution in [0.2, 0.25) is 0 Å². The fourth-order valence-corrected chi connectivity index (χ4v) is 2.99. The second-order valence-corrected chi connectivity index (χ2v) is 7.61. The van der Waals surface area contributed by atoms with Crippen molar-refractivity contribution in [2.75, 3.05) is 34.3 Å². The van der Waals surface area contributed by atoms with Gasteiger partial charge in [-0.15, -0.1) is 0 Å². The first kappa shape index (κ1) is 18.9. The monoisotopic (exact) mass is 300 g/mol. The van der Waals surface area contributed by atoms with Crippen LogP contribution in [0.1, 0.15) is 71.1 Å². The Morgan fingerprint density at radius 3 is 2.00 bits per heavy atom. The van der Waals surface area contributed by atoms with Crippen LogP contribution >= 0.6 is 0 Å². The predicted molar refractivity (Wildman–Crippen MR) is 89.4 cm³/mol. The molecule has 1 aliphatic heterocycles. The number of hydrogen-bond acceptors (Lipinski definition) is 2. The van der Waals surface area contributed by atoms with Crippen molar-refractivity contribution in [2.45, 2.75) is 83.5 Å². The molecule has 0 spiro atoms. The van der Waals surface area contributed by atoms with Gasteiger partial charge in [-0.1, -0.05) is 58.3 Å². The maximum absolute atomic E-state index is 5.97. The third-order valence-corrected chi connectivity index (χ3v) is 4.11. The fraction of sp³-hybridized carbons (Fsp3) is 1.00. The van der Waals surface area contributed by atoms with Gasteiger partial charge < -0.3 is 14.0 Å². The van der Waals surface area contributed by atoms with E-state index in [1.165, 1.54) is 57.8 Å². The molecule has 0 aromatic heterocycles. The van der Waals surface area contributed by atoms with Crippen LogP contribution in [0, 0.1) is 0 Å². The minimum atomic E-state index is 0.0612. The highest BCUT2D eigenvalue weighted by atomic mass is 16.7. The molecule has 0 saturated carbocycles. The van der Waals surface area contributed by atoms with Crippen LogP contribution in [0.3, 0.4) is 0 Å². The van der Waals surface area contributed by atoms with Gasteiger partial charge in [0.25, 0.3) is 0 Å². The van der Waals surface area contributed by atoms with Gasteiger partial charge in [-0.05, 0) is 12.8 Å². The quantitative estimate of drug-likeness (QED) is 0.394. The Morgan fingerprint density at radius 1 is 0.857 bits per heavy atom. The number of hydrogen-bond donors (Lipinski definition) is 0. The molecular weight excluding hydrogens is 262 g/mol. The lowest BCUT2D eigenvalue weighted by Crippen LogP contribution is -2.42. The predicted octanol–water partition coefficient (Wildman–Crippen LogP) is 4.36. The van der Waals surface area contributed by atoms with Crippen molar-refractivity contribution in [2.24, 2.45) is 0 Å². The fourth-order valence-electron chi connectivity index (χ4n) is 2.99. The summed E-state index contributed by atoms with van der Waals surface area (Å²) in [6.07, 6.45) is 13.8. The summed E-state index contributed by atoms with van der Waals surface area (Å²) in [4.78, 5) is 0. The Hall–Kier alpha value is -0.120. The van der Waals surface area contributed by atoms with Crippen molar-refractivity contribution in [3.63, 3.8) is 0 Å². The summed E-state index contributed by atoms with van der Waals surface area (Å²) >= 11 is 0. The largest absolute Gasteiger partial charge is 0.350 e. The average molecular weight is 301 g/mol. The van der Waals surface area contributed by atoms with Crippen LogP contribution in [0.5, 0.6) is 0 Å². The second kappa shape index (κ2) is 10.6. The summed E-state index contributed by atoms with van der Waals surface area (Å²) < 4.78 is 12.7. The zero-order valence-corrected chi connectivity index (χ0v) is 14.9. The van der Waals surface area contributed by atoms with Crippen LogP contribution in [0.4, 0.5) is 0 Å². The minimum absolute atomic E-state index is 0.0612. The van der Waals surface area contributed by atoms with Gasteiger partial charge in [-0.25, -0.2) is 0 Å². The summed E-state index contributed by atoms with van der Waals surface area (Å²) in [6.45, 7) is 4.09. The molecule has 0 N–H and O–H groups in total. The lowest BCUT2D eigenvalue weighted by atomic mass is 10.1. The molecule has 0 amide bonds. The van der Waals surface area contributed by atoms with Crippen LogP contribution in [0.15, 0.2) is 0 Å². The van der Waals surface area contributed by atoms with Gasteiger partial charge in [0.05, 0.1) is 27.7 Å². The van der Waals surface area contributed by atoms with Gasteiger partial charge in [0, 0.05) is 0 Å². The molecule has 126 valence electrons. The van der Waals surface area contributed by atoms with E-state index in [4.69, 9.17) is 9.47 Å². The summed E-state index contributed by atoms with van der Waals surface area (Å²) in [5.74, 6) is 0. The Bertz CT molecular complexity index is 250. The van der Waals surface area contributed by atoms with Crippen LogP contribution < -0.4 is 0 Å². The van der Waals surface area contributed by atoms with Crippen molar-refractivity contribution >= 4 is 0 Å². The minimum Gasteiger partial charge on any atom is -0.350 e. The molecule has 0 aliphatic carbocycles. The third-order valence-electron chi connectivity index (χ3n) is 4.11. The SMILES string of the molecule is CCCCCCCCCCCC1OCC(C[N+](C)(C)C)O1. The first-order valence-corrected chi connectivity index (χ1v) is 9.09. The van der Waals surface area contributed by atoms with E-state index in [0.29, 0.717) is 0 Å². The van der Waals surface area contributed by atoms with Gasteiger partial charge in [0.1, 0.15) is 12.6 Å². The third kappa shape index (κ3) is 10.3. The van der Waals surface area contributed by atoms with Gasteiger partial charge in [-0.3, -0.25) is 0 Å². The highest BCUT2D eigenvalue weighted by Gasteiger charge is 2.29. The molecular formula is C18H38NO2+. The molecule has 1 rings (SSSR count). The highest BCUT2D eigenvalue weighted by Crippen LogP contribution is 2.19. The standard InChI is InChI=1S/C18H38NO2/c1-5-6-7-8-9-10-11-12-13-14-18-20-16-17(21-18)15-19(2,3)4/h17-18H,5-16H2,1-4H3/q+1. The Kier molecular flexibility index (Phi) is 9.54. The van der Waals surface area contributed by atoms with Crippen LogP contribution in [-0.2, 0) is 9.47 Å². The number of rotatable bonds is 12. The average Bonchev–Trinajstić information content (AvgIpc) is 2.82.